The number of nitrogens with one attached hydrogen (secondary N) is 1. The second-order valence-electron chi connectivity index (χ2n) is 6.51. The van der Waals surface area contributed by atoms with Crippen molar-refractivity contribution in [2.75, 3.05) is 5.32 Å². The highest BCUT2D eigenvalue weighted by molar-refractivity contribution is 5.94. The first-order chi connectivity index (χ1) is 9.32. The Labute approximate surface area is 122 Å². The minimum Gasteiger partial charge on any atom is -0.327 e. The van der Waals surface area contributed by atoms with Crippen LogP contribution in [0.3, 0.4) is 0 Å². The molecule has 3 heteroatoms. The van der Waals surface area contributed by atoms with Crippen LogP contribution in [0.15, 0.2) is 24.3 Å². The van der Waals surface area contributed by atoms with Crippen molar-refractivity contribution in [3.05, 3.63) is 29.8 Å². The summed E-state index contributed by atoms with van der Waals surface area (Å²) in [6, 6.07) is 8.22. The second-order valence-corrected chi connectivity index (χ2v) is 6.51. The van der Waals surface area contributed by atoms with E-state index in [0.717, 1.165) is 18.5 Å². The second kappa shape index (κ2) is 7.44. The average Bonchev–Trinajstić information content (AvgIpc) is 2.37. The van der Waals surface area contributed by atoms with Crippen LogP contribution in [0, 0.1) is 5.41 Å². The number of unbranched alkanes of at least 4 members (excludes halogenated alkanes) is 1. The van der Waals surface area contributed by atoms with Crippen LogP contribution in [0.2, 0.25) is 0 Å². The van der Waals surface area contributed by atoms with Gasteiger partial charge in [0.1, 0.15) is 0 Å². The molecule has 0 heterocycles. The molecule has 1 aromatic rings. The molecule has 1 aromatic carbocycles. The summed E-state index contributed by atoms with van der Waals surface area (Å²) in [4.78, 5) is 11.9. The summed E-state index contributed by atoms with van der Waals surface area (Å²) in [6.45, 7) is 7.90. The summed E-state index contributed by atoms with van der Waals surface area (Å²) in [5.74, 6) is 0.0323. The summed E-state index contributed by atoms with van der Waals surface area (Å²) in [7, 11) is 0. The maximum Gasteiger partial charge on any atom is 0.229 e. The normalized spacial score (nSPS) is 13.1. The zero-order valence-electron chi connectivity index (χ0n) is 13.2. The lowest BCUT2D eigenvalue weighted by atomic mass is 9.95. The number of hydrogen-bond acceptors (Lipinski definition) is 2. The van der Waals surface area contributed by atoms with Crippen molar-refractivity contribution in [2.24, 2.45) is 11.1 Å². The summed E-state index contributed by atoms with van der Waals surface area (Å²) in [5.41, 5.74) is 7.79. The Hall–Kier alpha value is -1.35. The van der Waals surface area contributed by atoms with Crippen LogP contribution in [-0.4, -0.2) is 11.9 Å². The molecule has 0 aliphatic rings. The third-order valence-electron chi connectivity index (χ3n) is 3.32. The Morgan fingerprint density at radius 2 is 1.85 bits per heavy atom. The fourth-order valence-corrected chi connectivity index (χ4v) is 1.91. The molecule has 3 nitrogen and oxygen atoms in total. The first-order valence-electron chi connectivity index (χ1n) is 7.49. The van der Waals surface area contributed by atoms with Gasteiger partial charge in [0.2, 0.25) is 5.91 Å². The monoisotopic (exact) mass is 276 g/mol. The molecular formula is C17H28N2O. The van der Waals surface area contributed by atoms with Gasteiger partial charge in [0.05, 0.1) is 0 Å². The molecule has 1 rings (SSSR count). The van der Waals surface area contributed by atoms with Gasteiger partial charge in [0.15, 0.2) is 0 Å². The van der Waals surface area contributed by atoms with E-state index >= 15 is 0 Å². The minimum atomic E-state index is -0.374. The molecule has 1 unspecified atom stereocenters. The molecule has 0 fully saturated rings. The molecule has 20 heavy (non-hydrogen) atoms. The number of amides is 1. The van der Waals surface area contributed by atoms with E-state index in [0.29, 0.717) is 0 Å². The van der Waals surface area contributed by atoms with E-state index in [2.05, 4.69) is 12.2 Å². The third-order valence-corrected chi connectivity index (χ3v) is 3.32. The summed E-state index contributed by atoms with van der Waals surface area (Å²) >= 11 is 0. The first-order valence-corrected chi connectivity index (χ1v) is 7.49. The van der Waals surface area contributed by atoms with E-state index in [-0.39, 0.29) is 17.4 Å². The summed E-state index contributed by atoms with van der Waals surface area (Å²) in [5, 5.41) is 2.93. The molecule has 0 saturated carbocycles. The van der Waals surface area contributed by atoms with Crippen molar-refractivity contribution < 1.29 is 4.79 Å². The molecular weight excluding hydrogens is 248 g/mol. The Balaban J connectivity index is 2.54. The fourth-order valence-electron chi connectivity index (χ4n) is 1.91. The molecule has 0 aliphatic carbocycles. The lowest BCUT2D eigenvalue weighted by molar-refractivity contribution is -0.123. The fraction of sp³-hybridized carbons (Fsp3) is 0.588. The first kappa shape index (κ1) is 16.7. The van der Waals surface area contributed by atoms with Crippen LogP contribution in [-0.2, 0) is 11.2 Å². The molecule has 0 aliphatic heterocycles. The van der Waals surface area contributed by atoms with Gasteiger partial charge in [-0.1, -0.05) is 52.7 Å². The molecule has 3 N–H and O–H groups in total. The van der Waals surface area contributed by atoms with E-state index in [1.54, 1.807) is 0 Å². The minimum absolute atomic E-state index is 0.0323. The van der Waals surface area contributed by atoms with E-state index in [1.807, 2.05) is 45.0 Å². The number of benzene rings is 1. The number of carbonyl (C=O) groups is 1. The van der Waals surface area contributed by atoms with Gasteiger partial charge in [0, 0.05) is 17.1 Å². The van der Waals surface area contributed by atoms with Gasteiger partial charge in [-0.15, -0.1) is 0 Å². The molecule has 0 aromatic heterocycles. The van der Waals surface area contributed by atoms with Crippen LogP contribution in [0.1, 0.15) is 52.5 Å². The zero-order chi connectivity index (χ0) is 15.2. The molecule has 0 saturated heterocycles. The van der Waals surface area contributed by atoms with Crippen molar-refractivity contribution in [2.45, 2.75) is 59.4 Å². The molecule has 1 atom stereocenters. The molecule has 112 valence electrons. The summed E-state index contributed by atoms with van der Waals surface area (Å²) in [6.07, 6.45) is 4.33. The topological polar surface area (TPSA) is 55.1 Å². The zero-order valence-corrected chi connectivity index (χ0v) is 13.2. The largest absolute Gasteiger partial charge is 0.327 e. The van der Waals surface area contributed by atoms with Crippen molar-refractivity contribution in [1.29, 1.82) is 0 Å². The molecule has 0 bridgehead atoms. The lowest BCUT2D eigenvalue weighted by Crippen LogP contribution is -2.27. The van der Waals surface area contributed by atoms with Crippen LogP contribution >= 0.6 is 0 Å². The van der Waals surface area contributed by atoms with E-state index in [4.69, 9.17) is 5.73 Å². The number of hydrogen-bond donors (Lipinski definition) is 2. The number of rotatable bonds is 6. The number of anilines is 1. The predicted molar refractivity (Wildman–Crippen MR) is 85.7 cm³/mol. The van der Waals surface area contributed by atoms with Crippen LogP contribution in [0.25, 0.3) is 0 Å². The number of nitrogens with two attached hydrogens (primary N) is 1. The standard InChI is InChI=1S/C17H28N2O/c1-5-6-7-14(18)12-13-8-10-15(11-9-13)19-16(20)17(2,3)4/h8-11,14H,5-7,12,18H2,1-4H3,(H,19,20). The Kier molecular flexibility index (Phi) is 6.21. The van der Waals surface area contributed by atoms with E-state index in [1.165, 1.54) is 18.4 Å². The van der Waals surface area contributed by atoms with E-state index < -0.39 is 0 Å². The molecule has 1 amide bonds. The van der Waals surface area contributed by atoms with Crippen LogP contribution in [0.4, 0.5) is 5.69 Å². The van der Waals surface area contributed by atoms with Gasteiger partial charge in [0.25, 0.3) is 0 Å². The highest BCUT2D eigenvalue weighted by atomic mass is 16.2. The van der Waals surface area contributed by atoms with Crippen LogP contribution in [0.5, 0.6) is 0 Å². The smallest absolute Gasteiger partial charge is 0.229 e. The van der Waals surface area contributed by atoms with Gasteiger partial charge < -0.3 is 11.1 Å². The van der Waals surface area contributed by atoms with Gasteiger partial charge in [-0.25, -0.2) is 0 Å². The van der Waals surface area contributed by atoms with Crippen molar-refractivity contribution in [1.82, 2.24) is 0 Å². The maximum absolute atomic E-state index is 11.9. The van der Waals surface area contributed by atoms with Gasteiger partial charge in [-0.05, 0) is 30.5 Å². The molecule has 0 radical (unpaired) electrons. The Morgan fingerprint density at radius 1 is 1.25 bits per heavy atom. The van der Waals surface area contributed by atoms with E-state index in [9.17, 15) is 4.79 Å². The van der Waals surface area contributed by atoms with Crippen molar-refractivity contribution in [3.63, 3.8) is 0 Å². The van der Waals surface area contributed by atoms with Gasteiger partial charge in [-0.2, -0.15) is 0 Å². The quantitative estimate of drug-likeness (QED) is 0.831. The van der Waals surface area contributed by atoms with Crippen molar-refractivity contribution >= 4 is 11.6 Å². The molecule has 0 spiro atoms. The highest BCUT2D eigenvalue weighted by Crippen LogP contribution is 2.18. The average molecular weight is 276 g/mol. The maximum atomic E-state index is 11.9. The predicted octanol–water partition coefficient (Wildman–Crippen LogP) is 3.73. The van der Waals surface area contributed by atoms with Crippen molar-refractivity contribution in [3.8, 4) is 0 Å². The highest BCUT2D eigenvalue weighted by Gasteiger charge is 2.20. The van der Waals surface area contributed by atoms with Gasteiger partial charge in [-0.3, -0.25) is 4.79 Å². The Morgan fingerprint density at radius 3 is 2.35 bits per heavy atom. The Bertz CT molecular complexity index is 418. The summed E-state index contributed by atoms with van der Waals surface area (Å²) < 4.78 is 0. The lowest BCUT2D eigenvalue weighted by Gasteiger charge is -2.18. The number of carbonyl (C=O) groups excluding carboxylic acids is 1. The third kappa shape index (κ3) is 5.74. The van der Waals surface area contributed by atoms with Crippen LogP contribution < -0.4 is 11.1 Å². The van der Waals surface area contributed by atoms with Gasteiger partial charge >= 0.3 is 0 Å². The SMILES string of the molecule is CCCCC(N)Cc1ccc(NC(=O)C(C)(C)C)cc1.